The minimum atomic E-state index is -0.676. The average molecular weight is 296 g/mol. The molecular formula is C10H20N2O4S2. The Balaban J connectivity index is 3.73. The van der Waals surface area contributed by atoms with Crippen LogP contribution in [0.1, 0.15) is 20.8 Å². The summed E-state index contributed by atoms with van der Waals surface area (Å²) < 4.78 is 9.64. The molecule has 0 saturated heterocycles. The molecule has 0 aliphatic carbocycles. The Bertz CT molecular complexity index is 271. The Hall–Kier alpha value is -0.440. The van der Waals surface area contributed by atoms with Gasteiger partial charge in [-0.1, -0.05) is 21.6 Å². The summed E-state index contributed by atoms with van der Waals surface area (Å²) in [7, 11) is 2.77. The van der Waals surface area contributed by atoms with E-state index in [-0.39, 0.29) is 0 Å². The van der Waals surface area contributed by atoms with E-state index in [1.807, 2.05) is 0 Å². The van der Waals surface area contributed by atoms with Crippen LogP contribution in [0.15, 0.2) is 0 Å². The topological polar surface area (TPSA) is 105 Å². The molecule has 0 aliphatic rings. The molecule has 8 heteroatoms. The molecule has 18 heavy (non-hydrogen) atoms. The third-order valence-corrected chi connectivity index (χ3v) is 3.95. The Morgan fingerprint density at radius 2 is 1.83 bits per heavy atom. The van der Waals surface area contributed by atoms with Gasteiger partial charge in [0.05, 0.1) is 5.75 Å². The zero-order valence-electron chi connectivity index (χ0n) is 10.8. The van der Waals surface area contributed by atoms with Gasteiger partial charge in [0.2, 0.25) is 0 Å². The molecule has 0 bridgehead atoms. The molecule has 0 amide bonds. The molecule has 0 aromatic carbocycles. The molecule has 0 aromatic heterocycles. The van der Waals surface area contributed by atoms with Crippen LogP contribution in [0.3, 0.4) is 0 Å². The van der Waals surface area contributed by atoms with E-state index in [0.717, 1.165) is 0 Å². The molecule has 0 aromatic rings. The fourth-order valence-electron chi connectivity index (χ4n) is 0.793. The number of carbonyl (C=O) groups is 2. The molecule has 106 valence electrons. The fourth-order valence-corrected chi connectivity index (χ4v) is 2.90. The molecule has 0 fully saturated rings. The summed E-state index contributed by atoms with van der Waals surface area (Å²) in [5, 5.41) is 0. The van der Waals surface area contributed by atoms with Gasteiger partial charge in [-0.3, -0.25) is 15.3 Å². The Morgan fingerprint density at radius 3 is 2.33 bits per heavy atom. The van der Waals surface area contributed by atoms with Crippen LogP contribution in [0.2, 0.25) is 0 Å². The average Bonchev–Trinajstić information content (AvgIpc) is 2.22. The zero-order valence-corrected chi connectivity index (χ0v) is 12.4. The van der Waals surface area contributed by atoms with E-state index in [9.17, 15) is 9.59 Å². The number of nitrogens with two attached hydrogens (primary N) is 2. The minimum Gasteiger partial charge on any atom is -0.459 e. The first-order chi connectivity index (χ1) is 8.26. The molecule has 4 N–H and O–H groups in total. The third-order valence-electron chi connectivity index (χ3n) is 1.50. The van der Waals surface area contributed by atoms with Crippen LogP contribution in [0.5, 0.6) is 0 Å². The number of hydrogen-bond acceptors (Lipinski definition) is 8. The van der Waals surface area contributed by atoms with Crippen molar-refractivity contribution in [3.8, 4) is 0 Å². The molecule has 0 aliphatic heterocycles. The van der Waals surface area contributed by atoms with Crippen molar-refractivity contribution in [3.63, 3.8) is 0 Å². The van der Waals surface area contributed by atoms with Crippen molar-refractivity contribution < 1.29 is 19.1 Å². The van der Waals surface area contributed by atoms with Crippen molar-refractivity contribution in [3.05, 3.63) is 0 Å². The maximum Gasteiger partial charge on any atom is 0.324 e. The summed E-state index contributed by atoms with van der Waals surface area (Å²) in [4.78, 5) is 21.5. The van der Waals surface area contributed by atoms with Gasteiger partial charge in [0.1, 0.15) is 11.6 Å². The highest BCUT2D eigenvalue weighted by Gasteiger charge is 2.22. The van der Waals surface area contributed by atoms with E-state index in [1.54, 1.807) is 20.8 Å². The van der Waals surface area contributed by atoms with Gasteiger partial charge in [-0.15, -0.1) is 0 Å². The monoisotopic (exact) mass is 296 g/mol. The summed E-state index contributed by atoms with van der Waals surface area (Å²) in [6.45, 7) is 5.67. The predicted octanol–water partition coefficient (Wildman–Crippen LogP) is 0.495. The number of carbonyl (C=O) groups excluding carboxylic acids is 2. The van der Waals surface area contributed by atoms with Crippen LogP contribution in [-0.4, -0.2) is 41.8 Å². The van der Waals surface area contributed by atoms with Crippen LogP contribution in [0.4, 0.5) is 0 Å². The largest absolute Gasteiger partial charge is 0.459 e. The van der Waals surface area contributed by atoms with Crippen LogP contribution in [-0.2, 0) is 19.1 Å². The van der Waals surface area contributed by atoms with Gasteiger partial charge in [0.25, 0.3) is 6.47 Å². The maximum absolute atomic E-state index is 11.5. The third kappa shape index (κ3) is 9.58. The SMILES string of the molecule is CC(C)(C)OC(=O)C(N)CSSCC(N)OC=O. The number of hydrogen-bond donors (Lipinski definition) is 2. The van der Waals surface area contributed by atoms with Gasteiger partial charge in [0.15, 0.2) is 6.23 Å². The van der Waals surface area contributed by atoms with Crippen molar-refractivity contribution in [1.29, 1.82) is 0 Å². The quantitative estimate of drug-likeness (QED) is 0.219. The van der Waals surface area contributed by atoms with Crippen LogP contribution in [0.25, 0.3) is 0 Å². The van der Waals surface area contributed by atoms with E-state index in [4.69, 9.17) is 16.2 Å². The summed E-state index contributed by atoms with van der Waals surface area (Å²) in [5.41, 5.74) is 10.6. The van der Waals surface area contributed by atoms with Gasteiger partial charge < -0.3 is 15.2 Å². The second kappa shape index (κ2) is 8.63. The van der Waals surface area contributed by atoms with Gasteiger partial charge in [-0.2, -0.15) is 0 Å². The van der Waals surface area contributed by atoms with Crippen molar-refractivity contribution in [2.75, 3.05) is 11.5 Å². The molecular weight excluding hydrogens is 276 g/mol. The second-order valence-electron chi connectivity index (χ2n) is 4.48. The first-order valence-corrected chi connectivity index (χ1v) is 7.82. The standard InChI is InChI=1S/C10H20N2O4S2/c1-10(2,3)16-9(14)7(11)4-17-18-5-8(12)15-6-13/h6-8H,4-5,11-12H2,1-3H3. The molecule has 2 atom stereocenters. The van der Waals surface area contributed by atoms with Gasteiger partial charge in [-0.05, 0) is 20.8 Å². The maximum atomic E-state index is 11.5. The Kier molecular flexibility index (Phi) is 8.41. The lowest BCUT2D eigenvalue weighted by molar-refractivity contribution is -0.155. The lowest BCUT2D eigenvalue weighted by atomic mass is 10.2. The summed E-state index contributed by atoms with van der Waals surface area (Å²) in [5.74, 6) is 0.418. The number of esters is 1. The Morgan fingerprint density at radius 1 is 1.28 bits per heavy atom. The molecule has 0 spiro atoms. The zero-order chi connectivity index (χ0) is 14.2. The van der Waals surface area contributed by atoms with Crippen LogP contribution < -0.4 is 11.5 Å². The minimum absolute atomic E-state index is 0.308. The first-order valence-electron chi connectivity index (χ1n) is 5.34. The van der Waals surface area contributed by atoms with E-state index < -0.39 is 23.8 Å². The molecule has 0 radical (unpaired) electrons. The van der Waals surface area contributed by atoms with E-state index in [2.05, 4.69) is 4.74 Å². The van der Waals surface area contributed by atoms with Gasteiger partial charge in [0, 0.05) is 5.75 Å². The van der Waals surface area contributed by atoms with E-state index in [0.29, 0.717) is 18.0 Å². The smallest absolute Gasteiger partial charge is 0.324 e. The number of rotatable bonds is 8. The molecule has 0 heterocycles. The second-order valence-corrected chi connectivity index (χ2v) is 7.03. The molecule has 0 saturated carbocycles. The van der Waals surface area contributed by atoms with Crippen molar-refractivity contribution in [2.24, 2.45) is 11.5 Å². The molecule has 6 nitrogen and oxygen atoms in total. The fraction of sp³-hybridized carbons (Fsp3) is 0.800. The van der Waals surface area contributed by atoms with Gasteiger partial charge in [-0.25, -0.2) is 0 Å². The lowest BCUT2D eigenvalue weighted by Crippen LogP contribution is -2.38. The molecule has 2 unspecified atom stereocenters. The highest BCUT2D eigenvalue weighted by atomic mass is 33.1. The highest BCUT2D eigenvalue weighted by molar-refractivity contribution is 8.76. The highest BCUT2D eigenvalue weighted by Crippen LogP contribution is 2.22. The van der Waals surface area contributed by atoms with Crippen molar-refractivity contribution >= 4 is 34.0 Å². The molecule has 0 rings (SSSR count). The Labute approximate surface area is 115 Å². The first kappa shape index (κ1) is 17.6. The van der Waals surface area contributed by atoms with E-state index >= 15 is 0 Å². The van der Waals surface area contributed by atoms with Crippen LogP contribution in [0, 0.1) is 0 Å². The summed E-state index contributed by atoms with van der Waals surface area (Å²) in [6, 6.07) is -0.676. The predicted molar refractivity (Wildman–Crippen MR) is 73.9 cm³/mol. The number of ether oxygens (including phenoxy) is 2. The van der Waals surface area contributed by atoms with Crippen LogP contribution >= 0.6 is 21.6 Å². The normalized spacial score (nSPS) is 14.7. The van der Waals surface area contributed by atoms with Crippen molar-refractivity contribution in [2.45, 2.75) is 38.6 Å². The summed E-state index contributed by atoms with van der Waals surface area (Å²) >= 11 is 0. The lowest BCUT2D eigenvalue weighted by Gasteiger charge is -2.21. The van der Waals surface area contributed by atoms with Gasteiger partial charge >= 0.3 is 5.97 Å². The summed E-state index contributed by atoms with van der Waals surface area (Å²) in [6.07, 6.45) is -0.641. The van der Waals surface area contributed by atoms with E-state index in [1.165, 1.54) is 21.6 Å². The van der Waals surface area contributed by atoms with Crippen molar-refractivity contribution in [1.82, 2.24) is 0 Å².